The van der Waals surface area contributed by atoms with E-state index in [4.69, 9.17) is 29.0 Å². The highest BCUT2D eigenvalue weighted by molar-refractivity contribution is 7.99. The van der Waals surface area contributed by atoms with Gasteiger partial charge >= 0.3 is 0 Å². The van der Waals surface area contributed by atoms with Crippen molar-refractivity contribution in [3.63, 3.8) is 0 Å². The molecule has 2 rings (SSSR count). The van der Waals surface area contributed by atoms with E-state index in [0.717, 1.165) is 34.4 Å². The summed E-state index contributed by atoms with van der Waals surface area (Å²) in [6.45, 7) is 0. The van der Waals surface area contributed by atoms with Crippen LogP contribution >= 0.6 is 35.0 Å². The monoisotopic (exact) mass is 318 g/mol. The van der Waals surface area contributed by atoms with Crippen molar-refractivity contribution in [3.8, 4) is 0 Å². The fourth-order valence-corrected chi connectivity index (χ4v) is 4.32. The van der Waals surface area contributed by atoms with Crippen molar-refractivity contribution in [1.29, 1.82) is 0 Å². The molecule has 0 bridgehead atoms. The Bertz CT molecular complexity index is 388. The largest absolute Gasteiger partial charge is 0.271 e. The molecule has 1 aromatic rings. The molecular formula is C14H20Cl2N2S. The summed E-state index contributed by atoms with van der Waals surface area (Å²) in [5.41, 5.74) is 3.93. The summed E-state index contributed by atoms with van der Waals surface area (Å²) in [5, 5.41) is 1.46. The molecule has 0 spiro atoms. The van der Waals surface area contributed by atoms with Crippen LogP contribution in [0, 0.1) is 5.92 Å². The second-order valence-electron chi connectivity index (χ2n) is 5.06. The van der Waals surface area contributed by atoms with Gasteiger partial charge in [0.25, 0.3) is 0 Å². The van der Waals surface area contributed by atoms with E-state index in [9.17, 15) is 0 Å². The van der Waals surface area contributed by atoms with E-state index in [0.29, 0.717) is 0 Å². The Kier molecular flexibility index (Phi) is 6.30. The Labute approximate surface area is 129 Å². The zero-order valence-corrected chi connectivity index (χ0v) is 13.2. The number of nitrogens with two attached hydrogens (primary N) is 1. The molecule has 1 unspecified atom stereocenters. The third kappa shape index (κ3) is 4.54. The van der Waals surface area contributed by atoms with Gasteiger partial charge in [-0.1, -0.05) is 29.3 Å². The van der Waals surface area contributed by atoms with Gasteiger partial charge in [-0.25, -0.2) is 0 Å². The normalized spacial score (nSPS) is 18.5. The molecule has 1 fully saturated rings. The SMILES string of the molecule is NNC(Cc1c(Cl)cccc1Cl)CC1CCSCC1. The predicted octanol–water partition coefficient (Wildman–Crippen LogP) is 3.90. The predicted molar refractivity (Wildman–Crippen MR) is 85.9 cm³/mol. The summed E-state index contributed by atoms with van der Waals surface area (Å²) in [6, 6.07) is 5.88. The average Bonchev–Trinajstić information content (AvgIpc) is 2.43. The van der Waals surface area contributed by atoms with Crippen LogP contribution in [0.25, 0.3) is 0 Å². The van der Waals surface area contributed by atoms with Crippen molar-refractivity contribution >= 4 is 35.0 Å². The van der Waals surface area contributed by atoms with Gasteiger partial charge in [0, 0.05) is 16.1 Å². The minimum atomic E-state index is 0.241. The second kappa shape index (κ2) is 7.75. The average molecular weight is 319 g/mol. The van der Waals surface area contributed by atoms with Crippen molar-refractivity contribution in [1.82, 2.24) is 5.43 Å². The number of benzene rings is 1. The topological polar surface area (TPSA) is 38.0 Å². The number of rotatable bonds is 5. The molecular weight excluding hydrogens is 299 g/mol. The van der Waals surface area contributed by atoms with Gasteiger partial charge in [-0.05, 0) is 60.8 Å². The molecule has 0 saturated carbocycles. The lowest BCUT2D eigenvalue weighted by atomic mass is 9.91. The van der Waals surface area contributed by atoms with E-state index >= 15 is 0 Å². The Hall–Kier alpha value is 0.0700. The van der Waals surface area contributed by atoms with Crippen LogP contribution in [0.5, 0.6) is 0 Å². The van der Waals surface area contributed by atoms with E-state index in [1.165, 1.54) is 24.3 Å². The lowest BCUT2D eigenvalue weighted by molar-refractivity contribution is 0.366. The molecule has 2 nitrogen and oxygen atoms in total. The molecule has 5 heteroatoms. The molecule has 1 aromatic carbocycles. The van der Waals surface area contributed by atoms with Crippen LogP contribution in [0.4, 0.5) is 0 Å². The number of hydrogen-bond donors (Lipinski definition) is 2. The van der Waals surface area contributed by atoms with Gasteiger partial charge in [-0.3, -0.25) is 11.3 Å². The smallest absolute Gasteiger partial charge is 0.0453 e. The van der Waals surface area contributed by atoms with Crippen molar-refractivity contribution < 1.29 is 0 Å². The highest BCUT2D eigenvalue weighted by atomic mass is 35.5. The van der Waals surface area contributed by atoms with Crippen LogP contribution in [0.1, 0.15) is 24.8 Å². The first kappa shape index (κ1) is 15.5. The van der Waals surface area contributed by atoms with E-state index < -0.39 is 0 Å². The standard InChI is InChI=1S/C14H20Cl2N2S/c15-13-2-1-3-14(16)12(13)9-11(18-17)8-10-4-6-19-7-5-10/h1-3,10-11,18H,4-9,17H2. The number of hydrazine groups is 1. The lowest BCUT2D eigenvalue weighted by Gasteiger charge is -2.26. The van der Waals surface area contributed by atoms with Crippen LogP contribution in [0.15, 0.2) is 18.2 Å². The second-order valence-corrected chi connectivity index (χ2v) is 7.10. The zero-order valence-electron chi connectivity index (χ0n) is 10.9. The Morgan fingerprint density at radius 1 is 1.26 bits per heavy atom. The third-order valence-corrected chi connectivity index (χ3v) is 5.46. The molecule has 0 aliphatic carbocycles. The fraction of sp³-hybridized carbons (Fsp3) is 0.571. The van der Waals surface area contributed by atoms with Gasteiger partial charge in [-0.2, -0.15) is 11.8 Å². The van der Waals surface area contributed by atoms with E-state index in [-0.39, 0.29) is 6.04 Å². The number of hydrogen-bond acceptors (Lipinski definition) is 3. The first-order valence-corrected chi connectivity index (χ1v) is 8.58. The van der Waals surface area contributed by atoms with Crippen molar-refractivity contribution in [2.45, 2.75) is 31.7 Å². The molecule has 1 atom stereocenters. The van der Waals surface area contributed by atoms with Gasteiger partial charge < -0.3 is 0 Å². The van der Waals surface area contributed by atoms with Crippen LogP contribution in [0.2, 0.25) is 10.0 Å². The van der Waals surface area contributed by atoms with Gasteiger partial charge in [-0.15, -0.1) is 0 Å². The highest BCUT2D eigenvalue weighted by Gasteiger charge is 2.20. The Morgan fingerprint density at radius 3 is 2.47 bits per heavy atom. The van der Waals surface area contributed by atoms with E-state index in [2.05, 4.69) is 5.43 Å². The van der Waals surface area contributed by atoms with Crippen LogP contribution in [-0.4, -0.2) is 17.5 Å². The van der Waals surface area contributed by atoms with Crippen LogP contribution < -0.4 is 11.3 Å². The van der Waals surface area contributed by atoms with E-state index in [1.54, 1.807) is 0 Å². The van der Waals surface area contributed by atoms with Crippen molar-refractivity contribution in [2.75, 3.05) is 11.5 Å². The van der Waals surface area contributed by atoms with Crippen molar-refractivity contribution in [2.24, 2.45) is 11.8 Å². The molecule has 0 radical (unpaired) electrons. The molecule has 1 aliphatic rings. The lowest BCUT2D eigenvalue weighted by Crippen LogP contribution is -2.38. The maximum atomic E-state index is 6.22. The molecule has 1 aliphatic heterocycles. The number of nitrogens with one attached hydrogen (secondary N) is 1. The number of thioether (sulfide) groups is 1. The first-order valence-electron chi connectivity index (χ1n) is 6.67. The summed E-state index contributed by atoms with van der Waals surface area (Å²) in [4.78, 5) is 0. The molecule has 3 N–H and O–H groups in total. The fourth-order valence-electron chi connectivity index (χ4n) is 2.57. The maximum Gasteiger partial charge on any atom is 0.0453 e. The summed E-state index contributed by atoms with van der Waals surface area (Å²) < 4.78 is 0. The van der Waals surface area contributed by atoms with E-state index in [1.807, 2.05) is 30.0 Å². The minimum absolute atomic E-state index is 0.241. The summed E-state index contributed by atoms with van der Waals surface area (Å²) >= 11 is 14.5. The Balaban J connectivity index is 1.98. The molecule has 1 heterocycles. The van der Waals surface area contributed by atoms with Gasteiger partial charge in [0.1, 0.15) is 0 Å². The summed E-state index contributed by atoms with van der Waals surface area (Å²) in [5.74, 6) is 9.01. The quantitative estimate of drug-likeness (QED) is 0.638. The van der Waals surface area contributed by atoms with Gasteiger partial charge in [0.2, 0.25) is 0 Å². The zero-order chi connectivity index (χ0) is 13.7. The summed E-state index contributed by atoms with van der Waals surface area (Å²) in [7, 11) is 0. The highest BCUT2D eigenvalue weighted by Crippen LogP contribution is 2.30. The molecule has 0 aromatic heterocycles. The molecule has 0 amide bonds. The molecule has 1 saturated heterocycles. The Morgan fingerprint density at radius 2 is 1.89 bits per heavy atom. The summed E-state index contributed by atoms with van der Waals surface area (Å²) in [6.07, 6.45) is 4.47. The van der Waals surface area contributed by atoms with Crippen molar-refractivity contribution in [3.05, 3.63) is 33.8 Å². The molecule has 106 valence electrons. The maximum absolute atomic E-state index is 6.22. The van der Waals surface area contributed by atoms with Gasteiger partial charge in [0.05, 0.1) is 0 Å². The number of halogens is 2. The third-order valence-electron chi connectivity index (χ3n) is 3.71. The minimum Gasteiger partial charge on any atom is -0.271 e. The first-order chi connectivity index (χ1) is 9.20. The van der Waals surface area contributed by atoms with Crippen LogP contribution in [-0.2, 0) is 6.42 Å². The van der Waals surface area contributed by atoms with Crippen LogP contribution in [0.3, 0.4) is 0 Å². The van der Waals surface area contributed by atoms with Gasteiger partial charge in [0.15, 0.2) is 0 Å². The molecule has 19 heavy (non-hydrogen) atoms.